The number of carboxylic acids is 1. The molecular weight excluding hydrogens is 294 g/mol. The van der Waals surface area contributed by atoms with Crippen LogP contribution >= 0.6 is 0 Å². The van der Waals surface area contributed by atoms with Crippen LogP contribution in [-0.2, 0) is 11.3 Å². The maximum atomic E-state index is 12.6. The minimum absolute atomic E-state index is 0.272. The van der Waals surface area contributed by atoms with Gasteiger partial charge in [0.25, 0.3) is 5.91 Å². The summed E-state index contributed by atoms with van der Waals surface area (Å²) in [7, 11) is 0. The Morgan fingerprint density at radius 2 is 2.04 bits per heavy atom. The number of rotatable bonds is 4. The van der Waals surface area contributed by atoms with E-state index >= 15 is 0 Å². The Bertz CT molecular complexity index is 726. The SMILES string of the molecule is CC1(C(=O)O)CCCN1C(=O)c1cnn(Cc2ccccc2)c1. The van der Waals surface area contributed by atoms with Crippen LogP contribution in [-0.4, -0.2) is 43.7 Å². The summed E-state index contributed by atoms with van der Waals surface area (Å²) in [6.07, 6.45) is 4.36. The Hall–Kier alpha value is -2.63. The van der Waals surface area contributed by atoms with Crippen molar-refractivity contribution in [3.8, 4) is 0 Å². The number of aliphatic carboxylic acids is 1. The topological polar surface area (TPSA) is 75.4 Å². The fourth-order valence-corrected chi connectivity index (χ4v) is 3.00. The lowest BCUT2D eigenvalue weighted by atomic mass is 9.99. The number of likely N-dealkylation sites (tertiary alicyclic amines) is 1. The molecule has 1 aliphatic heterocycles. The van der Waals surface area contributed by atoms with Gasteiger partial charge < -0.3 is 10.0 Å². The van der Waals surface area contributed by atoms with Crippen molar-refractivity contribution in [1.29, 1.82) is 0 Å². The number of benzene rings is 1. The molecule has 1 fully saturated rings. The van der Waals surface area contributed by atoms with Crippen LogP contribution < -0.4 is 0 Å². The Balaban J connectivity index is 1.77. The molecule has 1 unspecified atom stereocenters. The van der Waals surface area contributed by atoms with Gasteiger partial charge in [0.2, 0.25) is 0 Å². The third-order valence-corrected chi connectivity index (χ3v) is 4.41. The minimum atomic E-state index is -1.13. The third-order valence-electron chi connectivity index (χ3n) is 4.41. The Morgan fingerprint density at radius 3 is 2.74 bits per heavy atom. The second kappa shape index (κ2) is 5.87. The van der Waals surface area contributed by atoms with Crippen molar-refractivity contribution in [3.63, 3.8) is 0 Å². The van der Waals surface area contributed by atoms with Crippen molar-refractivity contribution in [2.75, 3.05) is 6.54 Å². The molecule has 1 N–H and O–H groups in total. The van der Waals surface area contributed by atoms with Crippen LogP contribution in [0.15, 0.2) is 42.7 Å². The second-order valence-electron chi connectivity index (χ2n) is 6.05. The molecule has 0 saturated carbocycles. The first kappa shape index (κ1) is 15.3. The molecule has 0 spiro atoms. The highest BCUT2D eigenvalue weighted by Gasteiger charge is 2.46. The molecule has 1 amide bonds. The van der Waals surface area contributed by atoms with Crippen molar-refractivity contribution in [3.05, 3.63) is 53.9 Å². The molecule has 0 bridgehead atoms. The molecule has 0 radical (unpaired) electrons. The minimum Gasteiger partial charge on any atom is -0.480 e. The fourth-order valence-electron chi connectivity index (χ4n) is 3.00. The van der Waals surface area contributed by atoms with E-state index in [1.807, 2.05) is 30.3 Å². The zero-order valence-electron chi connectivity index (χ0n) is 13.0. The van der Waals surface area contributed by atoms with E-state index in [1.165, 1.54) is 11.1 Å². The van der Waals surface area contributed by atoms with Crippen LogP contribution in [0, 0.1) is 0 Å². The van der Waals surface area contributed by atoms with Crippen LogP contribution in [0.1, 0.15) is 35.7 Å². The average Bonchev–Trinajstić information content (AvgIpc) is 3.15. The van der Waals surface area contributed by atoms with E-state index in [1.54, 1.807) is 17.8 Å². The van der Waals surface area contributed by atoms with Crippen LogP contribution in [0.2, 0.25) is 0 Å². The van der Waals surface area contributed by atoms with E-state index in [0.29, 0.717) is 31.5 Å². The number of aromatic nitrogens is 2. The van der Waals surface area contributed by atoms with Gasteiger partial charge in [-0.15, -0.1) is 0 Å². The van der Waals surface area contributed by atoms with E-state index in [-0.39, 0.29) is 5.91 Å². The van der Waals surface area contributed by atoms with Gasteiger partial charge in [-0.25, -0.2) is 4.79 Å². The quantitative estimate of drug-likeness (QED) is 0.937. The first-order valence-corrected chi connectivity index (χ1v) is 7.62. The predicted molar refractivity (Wildman–Crippen MR) is 84.1 cm³/mol. The summed E-state index contributed by atoms with van der Waals surface area (Å²) in [6, 6.07) is 9.83. The smallest absolute Gasteiger partial charge is 0.329 e. The molecule has 0 aliphatic carbocycles. The van der Waals surface area contributed by atoms with E-state index in [0.717, 1.165) is 5.56 Å². The molecule has 120 valence electrons. The molecular formula is C17H19N3O3. The Morgan fingerprint density at radius 1 is 1.30 bits per heavy atom. The molecule has 6 heteroatoms. The highest BCUT2D eigenvalue weighted by Crippen LogP contribution is 2.30. The molecule has 23 heavy (non-hydrogen) atoms. The predicted octanol–water partition coefficient (Wildman–Crippen LogP) is 2.01. The molecule has 1 aromatic carbocycles. The van der Waals surface area contributed by atoms with Gasteiger partial charge in [0.15, 0.2) is 0 Å². The largest absolute Gasteiger partial charge is 0.480 e. The van der Waals surface area contributed by atoms with Crippen molar-refractivity contribution in [1.82, 2.24) is 14.7 Å². The number of hydrogen-bond donors (Lipinski definition) is 1. The molecule has 2 aromatic rings. The summed E-state index contributed by atoms with van der Waals surface area (Å²) < 4.78 is 1.69. The van der Waals surface area contributed by atoms with Crippen LogP contribution in [0.3, 0.4) is 0 Å². The standard InChI is InChI=1S/C17H19N3O3/c1-17(16(22)23)8-5-9-20(17)15(21)14-10-18-19(12-14)11-13-6-3-2-4-7-13/h2-4,6-7,10,12H,5,8-9,11H2,1H3,(H,22,23). The maximum absolute atomic E-state index is 12.6. The Kier molecular flexibility index (Phi) is 3.90. The normalized spacial score (nSPS) is 20.7. The number of hydrogen-bond acceptors (Lipinski definition) is 3. The van der Waals surface area contributed by atoms with Crippen molar-refractivity contribution in [2.45, 2.75) is 31.8 Å². The highest BCUT2D eigenvalue weighted by atomic mass is 16.4. The number of carbonyl (C=O) groups excluding carboxylic acids is 1. The number of amides is 1. The molecule has 3 rings (SSSR count). The molecule has 1 atom stereocenters. The molecule has 6 nitrogen and oxygen atoms in total. The summed E-state index contributed by atoms with van der Waals surface area (Å²) in [5.74, 6) is -1.23. The Labute approximate surface area is 134 Å². The van der Waals surface area contributed by atoms with Crippen LogP contribution in [0.4, 0.5) is 0 Å². The number of carbonyl (C=O) groups is 2. The van der Waals surface area contributed by atoms with E-state index in [9.17, 15) is 14.7 Å². The first-order chi connectivity index (χ1) is 11.0. The summed E-state index contributed by atoms with van der Waals surface area (Å²) in [5, 5.41) is 13.6. The number of carboxylic acid groups (broad SMARTS) is 1. The van der Waals surface area contributed by atoms with Crippen molar-refractivity contribution < 1.29 is 14.7 Å². The van der Waals surface area contributed by atoms with Crippen molar-refractivity contribution >= 4 is 11.9 Å². The van der Waals surface area contributed by atoms with Crippen molar-refractivity contribution in [2.24, 2.45) is 0 Å². The fraction of sp³-hybridized carbons (Fsp3) is 0.353. The molecule has 1 saturated heterocycles. The average molecular weight is 313 g/mol. The summed E-state index contributed by atoms with van der Waals surface area (Å²) in [5.41, 5.74) is 0.389. The van der Waals surface area contributed by atoms with E-state index < -0.39 is 11.5 Å². The molecule has 1 aromatic heterocycles. The second-order valence-corrected chi connectivity index (χ2v) is 6.05. The zero-order chi connectivity index (χ0) is 16.4. The van der Waals surface area contributed by atoms with Gasteiger partial charge in [0.1, 0.15) is 5.54 Å². The summed E-state index contributed by atoms with van der Waals surface area (Å²) >= 11 is 0. The van der Waals surface area contributed by atoms with Gasteiger partial charge in [-0.1, -0.05) is 30.3 Å². The van der Waals surface area contributed by atoms with Crippen LogP contribution in [0.25, 0.3) is 0 Å². The van der Waals surface area contributed by atoms with Gasteiger partial charge in [-0.2, -0.15) is 5.10 Å². The number of nitrogens with zero attached hydrogens (tertiary/aromatic N) is 3. The van der Waals surface area contributed by atoms with Gasteiger partial charge >= 0.3 is 5.97 Å². The van der Waals surface area contributed by atoms with Gasteiger partial charge in [0.05, 0.1) is 18.3 Å². The molecule has 2 heterocycles. The van der Waals surface area contributed by atoms with Gasteiger partial charge in [-0.3, -0.25) is 9.48 Å². The van der Waals surface area contributed by atoms with Gasteiger partial charge in [0, 0.05) is 12.7 Å². The van der Waals surface area contributed by atoms with E-state index in [2.05, 4.69) is 5.10 Å². The lowest BCUT2D eigenvalue weighted by molar-refractivity contribution is -0.147. The lowest BCUT2D eigenvalue weighted by Gasteiger charge is -2.30. The molecule has 1 aliphatic rings. The van der Waals surface area contributed by atoms with Gasteiger partial charge in [-0.05, 0) is 25.3 Å². The third kappa shape index (κ3) is 2.84. The lowest BCUT2D eigenvalue weighted by Crippen LogP contribution is -2.50. The maximum Gasteiger partial charge on any atom is 0.329 e. The zero-order valence-corrected chi connectivity index (χ0v) is 13.0. The monoisotopic (exact) mass is 313 g/mol. The highest BCUT2D eigenvalue weighted by molar-refractivity contribution is 5.97. The van der Waals surface area contributed by atoms with E-state index in [4.69, 9.17) is 0 Å². The summed E-state index contributed by atoms with van der Waals surface area (Å²) in [6.45, 7) is 2.64. The summed E-state index contributed by atoms with van der Waals surface area (Å²) in [4.78, 5) is 25.6. The first-order valence-electron chi connectivity index (χ1n) is 7.62. The van der Waals surface area contributed by atoms with Crippen LogP contribution in [0.5, 0.6) is 0 Å².